The summed E-state index contributed by atoms with van der Waals surface area (Å²) in [5, 5.41) is 20.9. The lowest BCUT2D eigenvalue weighted by molar-refractivity contribution is -0.139. The van der Waals surface area contributed by atoms with Crippen molar-refractivity contribution in [2.24, 2.45) is 5.73 Å². The normalized spacial score (nSPS) is 17.0. The number of nitrogens with zero attached hydrogens (tertiary/aromatic N) is 1. The Labute approximate surface area is 150 Å². The third-order valence-electron chi connectivity index (χ3n) is 4.28. The first kappa shape index (κ1) is 17.4. The molecule has 0 aliphatic carbocycles. The van der Waals surface area contributed by atoms with Crippen LogP contribution in [0.15, 0.2) is 59.2 Å². The van der Waals surface area contributed by atoms with Gasteiger partial charge >= 0.3 is 5.97 Å². The van der Waals surface area contributed by atoms with Crippen LogP contribution >= 0.6 is 0 Å². The largest absolute Gasteiger partial charge is 0.508 e. The molecule has 132 valence electrons. The highest BCUT2D eigenvalue weighted by molar-refractivity contribution is 5.93. The number of carbonyl (C=O) groups is 1. The lowest BCUT2D eigenvalue weighted by atomic mass is 9.82. The number of ether oxygens (including phenoxy) is 2. The Bertz CT molecular complexity index is 999. The summed E-state index contributed by atoms with van der Waals surface area (Å²) >= 11 is 0. The molecule has 3 N–H and O–H groups in total. The van der Waals surface area contributed by atoms with Crippen LogP contribution in [0.1, 0.15) is 25.3 Å². The highest BCUT2D eigenvalue weighted by atomic mass is 16.5. The maximum atomic E-state index is 12.5. The summed E-state index contributed by atoms with van der Waals surface area (Å²) in [6.07, 6.45) is 0. The van der Waals surface area contributed by atoms with Crippen molar-refractivity contribution in [3.05, 3.63) is 64.8 Å². The van der Waals surface area contributed by atoms with Gasteiger partial charge in [-0.05, 0) is 42.3 Å². The molecule has 2 aromatic carbocycles. The number of hydrogen-bond donors (Lipinski definition) is 2. The second kappa shape index (κ2) is 6.81. The maximum absolute atomic E-state index is 12.5. The van der Waals surface area contributed by atoms with E-state index in [9.17, 15) is 15.2 Å². The highest BCUT2D eigenvalue weighted by Gasteiger charge is 2.36. The number of phenolic OH excluding ortho intramolecular Hbond substituents is 1. The molecule has 1 unspecified atom stereocenters. The van der Waals surface area contributed by atoms with E-state index in [1.54, 1.807) is 38.1 Å². The van der Waals surface area contributed by atoms with Crippen LogP contribution in [0, 0.1) is 11.3 Å². The van der Waals surface area contributed by atoms with Crippen LogP contribution < -0.4 is 5.73 Å². The maximum Gasteiger partial charge on any atom is 0.338 e. The Kier molecular flexibility index (Phi) is 4.55. The summed E-state index contributed by atoms with van der Waals surface area (Å²) < 4.78 is 10.6. The van der Waals surface area contributed by atoms with Crippen molar-refractivity contribution in [3.8, 4) is 11.8 Å². The smallest absolute Gasteiger partial charge is 0.338 e. The SMILES string of the molecule is CCOC(=O)C1=C(C)OC(N)=C(C#N)C1c1ccc2cc(O)ccc2c1. The lowest BCUT2D eigenvalue weighted by Crippen LogP contribution is -2.25. The van der Waals surface area contributed by atoms with Gasteiger partial charge in [0.15, 0.2) is 0 Å². The van der Waals surface area contributed by atoms with E-state index in [-0.39, 0.29) is 29.4 Å². The van der Waals surface area contributed by atoms with Crippen molar-refractivity contribution < 1.29 is 19.4 Å². The minimum absolute atomic E-state index is 0.0196. The summed E-state index contributed by atoms with van der Waals surface area (Å²) in [5.74, 6) is -0.752. The van der Waals surface area contributed by atoms with E-state index in [0.29, 0.717) is 11.3 Å². The molecule has 6 nitrogen and oxygen atoms in total. The summed E-state index contributed by atoms with van der Waals surface area (Å²) in [5.41, 5.74) is 7.03. The molecule has 1 aliphatic heterocycles. The number of benzene rings is 2. The second-order valence-corrected chi connectivity index (χ2v) is 5.91. The average molecular weight is 350 g/mol. The quantitative estimate of drug-likeness (QED) is 0.824. The van der Waals surface area contributed by atoms with E-state index >= 15 is 0 Å². The molecule has 1 aliphatic rings. The first-order chi connectivity index (χ1) is 12.5. The van der Waals surface area contributed by atoms with E-state index in [1.807, 2.05) is 12.1 Å². The van der Waals surface area contributed by atoms with Gasteiger partial charge in [0, 0.05) is 0 Å². The number of esters is 1. The fraction of sp³-hybridized carbons (Fsp3) is 0.200. The third-order valence-corrected chi connectivity index (χ3v) is 4.28. The van der Waals surface area contributed by atoms with Crippen molar-refractivity contribution in [1.29, 1.82) is 5.26 Å². The lowest BCUT2D eigenvalue weighted by Gasteiger charge is -2.27. The number of phenols is 1. The molecule has 0 radical (unpaired) electrons. The van der Waals surface area contributed by atoms with Gasteiger partial charge in [0.2, 0.25) is 5.88 Å². The van der Waals surface area contributed by atoms with Gasteiger partial charge < -0.3 is 20.3 Å². The first-order valence-corrected chi connectivity index (χ1v) is 8.14. The molecule has 0 saturated carbocycles. The molecule has 1 heterocycles. The predicted molar refractivity (Wildman–Crippen MR) is 95.6 cm³/mol. The van der Waals surface area contributed by atoms with E-state index in [1.165, 1.54) is 0 Å². The van der Waals surface area contributed by atoms with Crippen molar-refractivity contribution in [3.63, 3.8) is 0 Å². The second-order valence-electron chi connectivity index (χ2n) is 5.91. The van der Waals surface area contributed by atoms with Crippen LogP contribution in [-0.2, 0) is 14.3 Å². The molecule has 26 heavy (non-hydrogen) atoms. The number of aromatic hydroxyl groups is 1. The Morgan fingerprint density at radius 3 is 2.69 bits per heavy atom. The van der Waals surface area contributed by atoms with Crippen LogP contribution in [0.4, 0.5) is 0 Å². The van der Waals surface area contributed by atoms with Gasteiger partial charge in [0.25, 0.3) is 0 Å². The molecular weight excluding hydrogens is 332 g/mol. The fourth-order valence-electron chi connectivity index (χ4n) is 3.12. The van der Waals surface area contributed by atoms with E-state index in [0.717, 1.165) is 10.8 Å². The molecule has 0 fully saturated rings. The van der Waals surface area contributed by atoms with Crippen LogP contribution in [0.3, 0.4) is 0 Å². The van der Waals surface area contributed by atoms with E-state index < -0.39 is 11.9 Å². The molecule has 3 rings (SSSR count). The van der Waals surface area contributed by atoms with Gasteiger partial charge in [-0.3, -0.25) is 0 Å². The number of nitrogens with two attached hydrogens (primary N) is 1. The summed E-state index contributed by atoms with van der Waals surface area (Å²) in [7, 11) is 0. The molecule has 6 heteroatoms. The van der Waals surface area contributed by atoms with Crippen LogP contribution in [0.2, 0.25) is 0 Å². The molecule has 0 aromatic heterocycles. The van der Waals surface area contributed by atoms with Gasteiger partial charge in [-0.1, -0.05) is 24.3 Å². The van der Waals surface area contributed by atoms with Gasteiger partial charge in [0.1, 0.15) is 23.2 Å². The summed E-state index contributed by atoms with van der Waals surface area (Å²) in [4.78, 5) is 12.5. The Morgan fingerprint density at radius 2 is 2.00 bits per heavy atom. The third kappa shape index (κ3) is 2.95. The predicted octanol–water partition coefficient (Wildman–Crippen LogP) is 3.19. The fourth-order valence-corrected chi connectivity index (χ4v) is 3.12. The van der Waals surface area contributed by atoms with Gasteiger partial charge in [-0.2, -0.15) is 5.26 Å². The molecule has 1 atom stereocenters. The van der Waals surface area contributed by atoms with Crippen LogP contribution in [-0.4, -0.2) is 17.7 Å². The minimum Gasteiger partial charge on any atom is -0.508 e. The zero-order valence-electron chi connectivity index (χ0n) is 14.4. The van der Waals surface area contributed by atoms with Crippen LogP contribution in [0.25, 0.3) is 10.8 Å². The topological polar surface area (TPSA) is 106 Å². The number of rotatable bonds is 3. The number of allylic oxidation sites excluding steroid dienone is 2. The van der Waals surface area contributed by atoms with E-state index in [2.05, 4.69) is 6.07 Å². The van der Waals surface area contributed by atoms with Gasteiger partial charge in [-0.15, -0.1) is 0 Å². The molecule has 0 bridgehead atoms. The molecular formula is C20H18N2O4. The zero-order valence-corrected chi connectivity index (χ0v) is 14.4. The van der Waals surface area contributed by atoms with Crippen LogP contribution in [0.5, 0.6) is 5.75 Å². The van der Waals surface area contributed by atoms with E-state index in [4.69, 9.17) is 15.2 Å². The number of hydrogen-bond acceptors (Lipinski definition) is 6. The summed E-state index contributed by atoms with van der Waals surface area (Å²) in [6, 6.07) is 12.5. The van der Waals surface area contributed by atoms with Gasteiger partial charge in [0.05, 0.1) is 18.1 Å². The number of fused-ring (bicyclic) bond motifs is 1. The number of carbonyl (C=O) groups excluding carboxylic acids is 1. The van der Waals surface area contributed by atoms with Crippen molar-refractivity contribution in [1.82, 2.24) is 0 Å². The van der Waals surface area contributed by atoms with Crippen molar-refractivity contribution in [2.75, 3.05) is 6.61 Å². The Hall–Kier alpha value is -3.46. The molecule has 0 amide bonds. The summed E-state index contributed by atoms with van der Waals surface area (Å²) in [6.45, 7) is 3.55. The standard InChI is InChI=1S/C20H18N2O4/c1-3-25-20(24)17-11(2)26-19(22)16(10-21)18(17)14-5-4-13-9-15(23)7-6-12(13)8-14/h4-9,18,23H,3,22H2,1-2H3. The molecule has 2 aromatic rings. The minimum atomic E-state index is -0.675. The Morgan fingerprint density at radius 1 is 1.31 bits per heavy atom. The number of nitriles is 1. The average Bonchev–Trinajstić information content (AvgIpc) is 2.60. The van der Waals surface area contributed by atoms with Crippen molar-refractivity contribution in [2.45, 2.75) is 19.8 Å². The first-order valence-electron chi connectivity index (χ1n) is 8.14. The zero-order chi connectivity index (χ0) is 18.8. The van der Waals surface area contributed by atoms with Crippen molar-refractivity contribution >= 4 is 16.7 Å². The molecule has 0 saturated heterocycles. The van der Waals surface area contributed by atoms with Gasteiger partial charge in [-0.25, -0.2) is 4.79 Å². The Balaban J connectivity index is 2.19. The molecule has 0 spiro atoms. The highest BCUT2D eigenvalue weighted by Crippen LogP contribution is 2.40. The monoisotopic (exact) mass is 350 g/mol.